The molecule has 1 aromatic heterocycles. The van der Waals surface area contributed by atoms with E-state index in [9.17, 15) is 13.2 Å². The number of hydrogen-bond donors (Lipinski definition) is 1. The Morgan fingerprint density at radius 2 is 1.81 bits per heavy atom. The summed E-state index contributed by atoms with van der Waals surface area (Å²) in [5.41, 5.74) is 1.69. The molecule has 0 aliphatic heterocycles. The quantitative estimate of drug-likeness (QED) is 0.786. The van der Waals surface area contributed by atoms with Crippen LogP contribution in [0, 0.1) is 5.92 Å². The van der Waals surface area contributed by atoms with Gasteiger partial charge in [-0.3, -0.25) is 4.79 Å². The van der Waals surface area contributed by atoms with Gasteiger partial charge in [0.25, 0.3) is 0 Å². The summed E-state index contributed by atoms with van der Waals surface area (Å²) >= 11 is 0. The van der Waals surface area contributed by atoms with Gasteiger partial charge in [-0.05, 0) is 11.5 Å². The summed E-state index contributed by atoms with van der Waals surface area (Å²) in [5, 5.41) is 7.36. The standard InChI is InChI=1S/C20H29N3O3S/c1-15(2)13-27(25,26)14-19(24)21-18-11-17(20(3,4)5)22-23(18)12-16-9-7-6-8-10-16/h6-11,15H,12-14H2,1-5H3,(H,21,24). The highest BCUT2D eigenvalue weighted by Crippen LogP contribution is 2.24. The van der Waals surface area contributed by atoms with Crippen LogP contribution in [0.3, 0.4) is 0 Å². The summed E-state index contributed by atoms with van der Waals surface area (Å²) in [5.74, 6) is -0.568. The maximum absolute atomic E-state index is 12.3. The summed E-state index contributed by atoms with van der Waals surface area (Å²) in [6.07, 6.45) is 0. The van der Waals surface area contributed by atoms with E-state index in [4.69, 9.17) is 0 Å². The van der Waals surface area contributed by atoms with Crippen molar-refractivity contribution in [3.63, 3.8) is 0 Å². The number of sulfone groups is 1. The third kappa shape index (κ3) is 6.50. The van der Waals surface area contributed by atoms with Crippen LogP contribution in [-0.2, 0) is 26.6 Å². The molecule has 0 bridgehead atoms. The lowest BCUT2D eigenvalue weighted by atomic mass is 9.92. The van der Waals surface area contributed by atoms with Gasteiger partial charge < -0.3 is 5.32 Å². The molecule has 7 heteroatoms. The van der Waals surface area contributed by atoms with Crippen LogP contribution < -0.4 is 5.32 Å². The average molecular weight is 392 g/mol. The normalized spacial score (nSPS) is 12.4. The van der Waals surface area contributed by atoms with Crippen molar-refractivity contribution >= 4 is 21.6 Å². The third-order valence-electron chi connectivity index (χ3n) is 3.93. The predicted octanol–water partition coefficient (Wildman–Crippen LogP) is 3.24. The van der Waals surface area contributed by atoms with Crippen LogP contribution in [0.5, 0.6) is 0 Å². The zero-order valence-electron chi connectivity index (χ0n) is 16.7. The Labute approximate surface area is 161 Å². The van der Waals surface area contributed by atoms with Crippen molar-refractivity contribution in [1.29, 1.82) is 0 Å². The number of carbonyl (C=O) groups is 1. The van der Waals surface area contributed by atoms with E-state index in [1.807, 2.05) is 71.0 Å². The van der Waals surface area contributed by atoms with Gasteiger partial charge >= 0.3 is 0 Å². The molecule has 0 aliphatic carbocycles. The smallest absolute Gasteiger partial charge is 0.240 e. The molecule has 1 amide bonds. The van der Waals surface area contributed by atoms with Crippen LogP contribution in [0.1, 0.15) is 45.9 Å². The van der Waals surface area contributed by atoms with Crippen molar-refractivity contribution in [3.8, 4) is 0 Å². The van der Waals surface area contributed by atoms with Gasteiger partial charge in [0, 0.05) is 11.5 Å². The Morgan fingerprint density at radius 1 is 1.19 bits per heavy atom. The highest BCUT2D eigenvalue weighted by Gasteiger charge is 2.23. The van der Waals surface area contributed by atoms with Crippen molar-refractivity contribution in [1.82, 2.24) is 9.78 Å². The molecule has 0 radical (unpaired) electrons. The maximum atomic E-state index is 12.3. The number of carbonyl (C=O) groups excluding carboxylic acids is 1. The second-order valence-corrected chi connectivity index (χ2v) is 10.4. The third-order valence-corrected chi connectivity index (χ3v) is 5.81. The summed E-state index contributed by atoms with van der Waals surface area (Å²) in [6.45, 7) is 10.3. The number of amides is 1. The lowest BCUT2D eigenvalue weighted by Crippen LogP contribution is -2.27. The molecule has 0 saturated carbocycles. The van der Waals surface area contributed by atoms with Gasteiger partial charge in [-0.2, -0.15) is 5.10 Å². The fourth-order valence-electron chi connectivity index (χ4n) is 2.71. The van der Waals surface area contributed by atoms with E-state index in [1.165, 1.54) is 0 Å². The molecule has 27 heavy (non-hydrogen) atoms. The van der Waals surface area contributed by atoms with E-state index in [0.717, 1.165) is 11.3 Å². The van der Waals surface area contributed by atoms with Gasteiger partial charge in [0.05, 0.1) is 18.0 Å². The molecule has 0 atom stereocenters. The molecule has 0 unspecified atom stereocenters. The molecule has 6 nitrogen and oxygen atoms in total. The molecule has 148 valence electrons. The summed E-state index contributed by atoms with van der Waals surface area (Å²) in [6, 6.07) is 11.6. The molecule has 0 spiro atoms. The van der Waals surface area contributed by atoms with Gasteiger partial charge in [0.2, 0.25) is 5.91 Å². The molecule has 0 aliphatic rings. The van der Waals surface area contributed by atoms with Gasteiger partial charge in [-0.25, -0.2) is 13.1 Å². The number of benzene rings is 1. The molecule has 1 heterocycles. The number of nitrogens with one attached hydrogen (secondary N) is 1. The number of anilines is 1. The van der Waals surface area contributed by atoms with Crippen molar-refractivity contribution in [3.05, 3.63) is 47.7 Å². The first kappa shape index (κ1) is 21.2. The van der Waals surface area contributed by atoms with Crippen LogP contribution in [-0.4, -0.2) is 35.6 Å². The van der Waals surface area contributed by atoms with Crippen LogP contribution in [0.2, 0.25) is 0 Å². The first-order valence-electron chi connectivity index (χ1n) is 9.09. The second kappa shape index (κ2) is 8.25. The molecule has 1 aromatic carbocycles. The lowest BCUT2D eigenvalue weighted by Gasteiger charge is -2.14. The van der Waals surface area contributed by atoms with Crippen LogP contribution in [0.25, 0.3) is 0 Å². The Balaban J connectivity index is 2.23. The minimum atomic E-state index is -3.44. The zero-order valence-corrected chi connectivity index (χ0v) is 17.5. The highest BCUT2D eigenvalue weighted by atomic mass is 32.2. The van der Waals surface area contributed by atoms with E-state index in [-0.39, 0.29) is 17.1 Å². The van der Waals surface area contributed by atoms with E-state index in [1.54, 1.807) is 4.68 Å². The number of rotatable bonds is 7. The first-order chi connectivity index (χ1) is 12.5. The van der Waals surface area contributed by atoms with Crippen LogP contribution in [0.4, 0.5) is 5.82 Å². The summed E-state index contributed by atoms with van der Waals surface area (Å²) in [4.78, 5) is 12.3. The second-order valence-electron chi connectivity index (χ2n) is 8.30. The predicted molar refractivity (Wildman–Crippen MR) is 109 cm³/mol. The molecular formula is C20H29N3O3S. The molecule has 2 aromatic rings. The van der Waals surface area contributed by atoms with Crippen molar-refractivity contribution in [2.24, 2.45) is 5.92 Å². The first-order valence-corrected chi connectivity index (χ1v) is 10.9. The highest BCUT2D eigenvalue weighted by molar-refractivity contribution is 7.92. The molecule has 2 rings (SSSR count). The minimum absolute atomic E-state index is 0.00304. The Hall–Kier alpha value is -2.15. The lowest BCUT2D eigenvalue weighted by molar-refractivity contribution is -0.113. The maximum Gasteiger partial charge on any atom is 0.240 e. The fourth-order valence-corrected chi connectivity index (χ4v) is 4.31. The van der Waals surface area contributed by atoms with Crippen molar-refractivity contribution in [2.45, 2.75) is 46.6 Å². The Morgan fingerprint density at radius 3 is 2.37 bits per heavy atom. The van der Waals surface area contributed by atoms with E-state index >= 15 is 0 Å². The molecule has 0 fully saturated rings. The Bertz CT molecular complexity index is 879. The van der Waals surface area contributed by atoms with E-state index in [0.29, 0.717) is 12.4 Å². The molecular weight excluding hydrogens is 362 g/mol. The van der Waals surface area contributed by atoms with Gasteiger partial charge in [0.15, 0.2) is 9.84 Å². The topological polar surface area (TPSA) is 81.1 Å². The molecule has 1 N–H and O–H groups in total. The van der Waals surface area contributed by atoms with E-state index < -0.39 is 21.5 Å². The number of aromatic nitrogens is 2. The SMILES string of the molecule is CC(C)CS(=O)(=O)CC(=O)Nc1cc(C(C)(C)C)nn1Cc1ccccc1. The largest absolute Gasteiger partial charge is 0.310 e. The zero-order chi connectivity index (χ0) is 20.2. The average Bonchev–Trinajstić information content (AvgIpc) is 2.89. The van der Waals surface area contributed by atoms with Crippen LogP contribution in [0.15, 0.2) is 36.4 Å². The monoisotopic (exact) mass is 391 g/mol. The van der Waals surface area contributed by atoms with Crippen molar-refractivity contribution < 1.29 is 13.2 Å². The van der Waals surface area contributed by atoms with Gasteiger partial charge in [-0.15, -0.1) is 0 Å². The number of nitrogens with zero attached hydrogens (tertiary/aromatic N) is 2. The van der Waals surface area contributed by atoms with Crippen molar-refractivity contribution in [2.75, 3.05) is 16.8 Å². The summed E-state index contributed by atoms with van der Waals surface area (Å²) in [7, 11) is -3.44. The minimum Gasteiger partial charge on any atom is -0.310 e. The van der Waals surface area contributed by atoms with Gasteiger partial charge in [0.1, 0.15) is 11.6 Å². The van der Waals surface area contributed by atoms with Crippen LogP contribution >= 0.6 is 0 Å². The Kier molecular flexibility index (Phi) is 6.46. The van der Waals surface area contributed by atoms with Gasteiger partial charge in [-0.1, -0.05) is 65.0 Å². The fraction of sp³-hybridized carbons (Fsp3) is 0.500. The summed E-state index contributed by atoms with van der Waals surface area (Å²) < 4.78 is 25.9. The van der Waals surface area contributed by atoms with E-state index in [2.05, 4.69) is 10.4 Å². The molecule has 0 saturated heterocycles. The number of hydrogen-bond acceptors (Lipinski definition) is 4.